The Labute approximate surface area is 194 Å². The van der Waals surface area contributed by atoms with Gasteiger partial charge in [-0.2, -0.15) is 0 Å². The first-order valence-corrected chi connectivity index (χ1v) is 9.79. The summed E-state index contributed by atoms with van der Waals surface area (Å²) in [5.41, 5.74) is 3.79. The molecule has 1 aliphatic heterocycles. The van der Waals surface area contributed by atoms with Crippen LogP contribution in [0.5, 0.6) is 11.5 Å². The monoisotopic (exact) mass is 529 g/mol. The van der Waals surface area contributed by atoms with E-state index in [0.717, 1.165) is 33.8 Å². The standard InChI is InChI=1S/C22H28FN3O3.HI/c1-4-28-20-9-15(2)5-6-17(20)12-26-22(24-3)25-8-7-16-10-19(23)11-18-13-27-14-29-21(16)18;/h5-6,9-11H,4,7-8,12-14H2,1-3H3,(H2,24,25,26);1H. The Morgan fingerprint density at radius 3 is 2.80 bits per heavy atom. The molecule has 164 valence electrons. The number of hydrogen-bond donors (Lipinski definition) is 2. The molecule has 0 saturated heterocycles. The summed E-state index contributed by atoms with van der Waals surface area (Å²) in [5, 5.41) is 6.56. The van der Waals surface area contributed by atoms with Gasteiger partial charge in [0.1, 0.15) is 17.3 Å². The lowest BCUT2D eigenvalue weighted by Crippen LogP contribution is -2.38. The van der Waals surface area contributed by atoms with Crippen LogP contribution in [-0.2, 0) is 24.3 Å². The van der Waals surface area contributed by atoms with Crippen molar-refractivity contribution in [3.8, 4) is 11.5 Å². The average molecular weight is 529 g/mol. The zero-order valence-electron chi connectivity index (χ0n) is 17.6. The molecule has 2 N–H and O–H groups in total. The predicted molar refractivity (Wildman–Crippen MR) is 126 cm³/mol. The maximum absolute atomic E-state index is 13.9. The van der Waals surface area contributed by atoms with E-state index >= 15 is 0 Å². The summed E-state index contributed by atoms with van der Waals surface area (Å²) in [6.45, 7) is 6.38. The van der Waals surface area contributed by atoms with E-state index in [2.05, 4.69) is 27.8 Å². The van der Waals surface area contributed by atoms with Gasteiger partial charge in [0.25, 0.3) is 0 Å². The van der Waals surface area contributed by atoms with Gasteiger partial charge in [-0.1, -0.05) is 12.1 Å². The van der Waals surface area contributed by atoms with Crippen LogP contribution in [0.25, 0.3) is 0 Å². The number of rotatable bonds is 7. The quantitative estimate of drug-likeness (QED) is 0.324. The van der Waals surface area contributed by atoms with E-state index in [1.165, 1.54) is 12.1 Å². The highest BCUT2D eigenvalue weighted by molar-refractivity contribution is 14.0. The average Bonchev–Trinajstić information content (AvgIpc) is 2.71. The Hall–Kier alpha value is -2.07. The predicted octanol–water partition coefficient (Wildman–Crippen LogP) is 3.93. The first-order chi connectivity index (χ1) is 14.1. The first kappa shape index (κ1) is 24.2. The summed E-state index contributed by atoms with van der Waals surface area (Å²) in [4.78, 5) is 4.26. The zero-order valence-corrected chi connectivity index (χ0v) is 19.9. The second-order valence-corrected chi connectivity index (χ2v) is 6.81. The van der Waals surface area contributed by atoms with E-state index in [1.54, 1.807) is 7.05 Å². The van der Waals surface area contributed by atoms with Crippen LogP contribution in [-0.4, -0.2) is 33.0 Å². The highest BCUT2D eigenvalue weighted by Gasteiger charge is 2.16. The number of benzene rings is 2. The third-order valence-electron chi connectivity index (χ3n) is 4.63. The van der Waals surface area contributed by atoms with Crippen LogP contribution in [0, 0.1) is 12.7 Å². The molecule has 0 aliphatic carbocycles. The first-order valence-electron chi connectivity index (χ1n) is 9.79. The van der Waals surface area contributed by atoms with Crippen LogP contribution in [0.2, 0.25) is 0 Å². The Bertz CT molecular complexity index is 877. The highest BCUT2D eigenvalue weighted by atomic mass is 127. The number of hydrogen-bond acceptors (Lipinski definition) is 4. The molecule has 0 fully saturated rings. The number of aliphatic imine (C=N–C) groups is 1. The molecule has 0 unspecified atom stereocenters. The fourth-order valence-electron chi connectivity index (χ4n) is 3.26. The SMILES string of the molecule is CCOc1cc(C)ccc1CNC(=NC)NCCc1cc(F)cc2c1OCOC2.I. The van der Waals surface area contributed by atoms with Gasteiger partial charge in [0, 0.05) is 31.3 Å². The molecule has 0 amide bonds. The van der Waals surface area contributed by atoms with Crippen molar-refractivity contribution in [3.63, 3.8) is 0 Å². The number of ether oxygens (including phenoxy) is 3. The molecule has 6 nitrogen and oxygen atoms in total. The Kier molecular flexibility index (Phi) is 9.64. The summed E-state index contributed by atoms with van der Waals surface area (Å²) in [6.07, 6.45) is 0.607. The van der Waals surface area contributed by atoms with Crippen LogP contribution < -0.4 is 20.1 Å². The number of fused-ring (bicyclic) bond motifs is 1. The number of nitrogens with one attached hydrogen (secondary N) is 2. The topological polar surface area (TPSA) is 64.1 Å². The van der Waals surface area contributed by atoms with Crippen LogP contribution in [0.4, 0.5) is 4.39 Å². The minimum absolute atomic E-state index is 0. The largest absolute Gasteiger partial charge is 0.494 e. The third kappa shape index (κ3) is 6.46. The number of aryl methyl sites for hydroxylation is 1. The molecule has 0 bridgehead atoms. The lowest BCUT2D eigenvalue weighted by Gasteiger charge is -2.21. The third-order valence-corrected chi connectivity index (χ3v) is 4.63. The van der Waals surface area contributed by atoms with Gasteiger partial charge in [0.2, 0.25) is 0 Å². The van der Waals surface area contributed by atoms with E-state index in [1.807, 2.05) is 19.9 Å². The van der Waals surface area contributed by atoms with Gasteiger partial charge in [-0.25, -0.2) is 4.39 Å². The van der Waals surface area contributed by atoms with Crippen LogP contribution in [0.3, 0.4) is 0 Å². The molecular formula is C22H29FIN3O3. The van der Waals surface area contributed by atoms with E-state index in [4.69, 9.17) is 14.2 Å². The van der Waals surface area contributed by atoms with Crippen molar-refractivity contribution in [2.24, 2.45) is 4.99 Å². The number of halogens is 2. The van der Waals surface area contributed by atoms with E-state index < -0.39 is 0 Å². The highest BCUT2D eigenvalue weighted by Crippen LogP contribution is 2.29. The Balaban J connectivity index is 0.00000320. The van der Waals surface area contributed by atoms with Gasteiger partial charge in [0.15, 0.2) is 12.8 Å². The van der Waals surface area contributed by atoms with Crippen molar-refractivity contribution < 1.29 is 18.6 Å². The Morgan fingerprint density at radius 2 is 2.03 bits per heavy atom. The minimum atomic E-state index is -0.279. The molecule has 8 heteroatoms. The van der Waals surface area contributed by atoms with Crippen LogP contribution >= 0.6 is 24.0 Å². The maximum Gasteiger partial charge on any atom is 0.191 e. The molecule has 0 radical (unpaired) electrons. The molecule has 2 aromatic carbocycles. The molecule has 30 heavy (non-hydrogen) atoms. The van der Waals surface area contributed by atoms with Gasteiger partial charge < -0.3 is 24.8 Å². The second kappa shape index (κ2) is 11.9. The van der Waals surface area contributed by atoms with Gasteiger partial charge >= 0.3 is 0 Å². The van der Waals surface area contributed by atoms with Crippen molar-refractivity contribution in [3.05, 3.63) is 58.4 Å². The van der Waals surface area contributed by atoms with E-state index in [-0.39, 0.29) is 36.6 Å². The summed E-state index contributed by atoms with van der Waals surface area (Å²) in [6, 6.07) is 9.13. The fraction of sp³-hybridized carbons (Fsp3) is 0.409. The van der Waals surface area contributed by atoms with Gasteiger partial charge in [0.05, 0.1) is 13.2 Å². The van der Waals surface area contributed by atoms with Crippen molar-refractivity contribution >= 4 is 29.9 Å². The van der Waals surface area contributed by atoms with Gasteiger partial charge in [-0.05, 0) is 49.6 Å². The van der Waals surface area contributed by atoms with Gasteiger partial charge in [-0.3, -0.25) is 4.99 Å². The smallest absolute Gasteiger partial charge is 0.191 e. The molecule has 0 aromatic heterocycles. The van der Waals surface area contributed by atoms with E-state index in [0.29, 0.717) is 38.7 Å². The Morgan fingerprint density at radius 1 is 1.20 bits per heavy atom. The summed E-state index contributed by atoms with van der Waals surface area (Å²) in [7, 11) is 1.72. The molecule has 1 heterocycles. The lowest BCUT2D eigenvalue weighted by molar-refractivity contribution is -0.0172. The number of nitrogens with zero attached hydrogens (tertiary/aromatic N) is 1. The van der Waals surface area contributed by atoms with Crippen molar-refractivity contribution in [1.82, 2.24) is 10.6 Å². The zero-order chi connectivity index (χ0) is 20.6. The van der Waals surface area contributed by atoms with Crippen LogP contribution in [0.1, 0.15) is 29.2 Å². The lowest BCUT2D eigenvalue weighted by atomic mass is 10.1. The number of guanidine groups is 1. The van der Waals surface area contributed by atoms with E-state index in [9.17, 15) is 4.39 Å². The molecule has 0 saturated carbocycles. The maximum atomic E-state index is 13.9. The molecule has 0 spiro atoms. The van der Waals surface area contributed by atoms with Crippen molar-refractivity contribution in [1.29, 1.82) is 0 Å². The molecule has 3 rings (SSSR count). The van der Waals surface area contributed by atoms with Crippen molar-refractivity contribution in [2.45, 2.75) is 33.4 Å². The molecular weight excluding hydrogens is 500 g/mol. The van der Waals surface area contributed by atoms with Crippen molar-refractivity contribution in [2.75, 3.05) is 27.0 Å². The summed E-state index contributed by atoms with van der Waals surface area (Å²) in [5.74, 6) is 1.99. The van der Waals surface area contributed by atoms with Crippen LogP contribution in [0.15, 0.2) is 35.3 Å². The molecule has 0 atom stereocenters. The molecule has 1 aliphatic rings. The second-order valence-electron chi connectivity index (χ2n) is 6.81. The minimum Gasteiger partial charge on any atom is -0.494 e. The summed E-state index contributed by atoms with van der Waals surface area (Å²) < 4.78 is 30.4. The van der Waals surface area contributed by atoms with Gasteiger partial charge in [-0.15, -0.1) is 24.0 Å². The summed E-state index contributed by atoms with van der Waals surface area (Å²) >= 11 is 0. The molecule has 2 aromatic rings. The normalized spacial score (nSPS) is 13.0. The fourth-order valence-corrected chi connectivity index (χ4v) is 3.26.